The first-order valence-corrected chi connectivity index (χ1v) is 8.05. The number of ether oxygens (including phenoxy) is 2. The molecule has 2 heterocycles. The summed E-state index contributed by atoms with van der Waals surface area (Å²) in [4.78, 5) is 0. The van der Waals surface area contributed by atoms with Gasteiger partial charge in [-0.25, -0.2) is 4.68 Å². The molecule has 0 aliphatic carbocycles. The van der Waals surface area contributed by atoms with E-state index in [0.29, 0.717) is 32.3 Å². The maximum absolute atomic E-state index is 5.63. The minimum Gasteiger partial charge on any atom is -0.379 e. The van der Waals surface area contributed by atoms with E-state index < -0.39 is 0 Å². The molecule has 0 radical (unpaired) electrons. The molecule has 0 aliphatic heterocycles. The van der Waals surface area contributed by atoms with Crippen LogP contribution < -0.4 is 0 Å². The van der Waals surface area contributed by atoms with E-state index in [9.17, 15) is 0 Å². The van der Waals surface area contributed by atoms with Crippen molar-refractivity contribution in [3.8, 4) is 0 Å². The first kappa shape index (κ1) is 18.4. The summed E-state index contributed by atoms with van der Waals surface area (Å²) < 4.78 is 13.0. The van der Waals surface area contributed by atoms with Crippen molar-refractivity contribution in [2.24, 2.45) is 0 Å². The Morgan fingerprint density at radius 1 is 1.04 bits per heavy atom. The molecule has 2 rings (SSSR count). The number of tetrazole rings is 2. The van der Waals surface area contributed by atoms with Crippen LogP contribution in [0.4, 0.5) is 0 Å². The van der Waals surface area contributed by atoms with Crippen molar-refractivity contribution in [1.82, 2.24) is 40.8 Å². The van der Waals surface area contributed by atoms with Crippen molar-refractivity contribution in [1.29, 1.82) is 0 Å². The van der Waals surface area contributed by atoms with Crippen LogP contribution in [0.25, 0.3) is 0 Å². The zero-order chi connectivity index (χ0) is 17.5. The molecule has 0 saturated carbocycles. The highest BCUT2D eigenvalue weighted by atomic mass is 16.5. The zero-order valence-electron chi connectivity index (χ0n) is 14.8. The van der Waals surface area contributed by atoms with E-state index in [4.69, 9.17) is 9.47 Å². The standard InChI is InChI=1S/C14H26N8O2/c1-13(2,12-16-19-20-17-12)5-7-23-9-10-24-8-6-14(3,4)22-11-15-18-21-22/h11H,5-10H2,1-4H3,(H,16,17,19,20). The summed E-state index contributed by atoms with van der Waals surface area (Å²) in [6, 6.07) is 0. The van der Waals surface area contributed by atoms with Gasteiger partial charge < -0.3 is 9.47 Å². The number of H-pyrrole nitrogens is 1. The topological polar surface area (TPSA) is 117 Å². The maximum atomic E-state index is 5.63. The van der Waals surface area contributed by atoms with Gasteiger partial charge in [0.1, 0.15) is 6.33 Å². The molecule has 2 aromatic heterocycles. The van der Waals surface area contributed by atoms with E-state index in [1.54, 1.807) is 11.0 Å². The van der Waals surface area contributed by atoms with Crippen LogP contribution in [-0.2, 0) is 20.4 Å². The van der Waals surface area contributed by atoms with E-state index in [1.165, 1.54) is 0 Å². The molecule has 0 bridgehead atoms. The lowest BCUT2D eigenvalue weighted by atomic mass is 9.89. The molecular weight excluding hydrogens is 312 g/mol. The molecule has 0 amide bonds. The Bertz CT molecular complexity index is 515. The van der Waals surface area contributed by atoms with Gasteiger partial charge in [-0.1, -0.05) is 19.1 Å². The quantitative estimate of drug-likeness (QED) is 0.595. The molecule has 10 nitrogen and oxygen atoms in total. The summed E-state index contributed by atoms with van der Waals surface area (Å²) in [6.45, 7) is 10.7. The van der Waals surface area contributed by atoms with Crippen molar-refractivity contribution < 1.29 is 9.47 Å². The fraction of sp³-hybridized carbons (Fsp3) is 0.857. The van der Waals surface area contributed by atoms with Crippen LogP contribution >= 0.6 is 0 Å². The van der Waals surface area contributed by atoms with Gasteiger partial charge >= 0.3 is 0 Å². The maximum Gasteiger partial charge on any atom is 0.180 e. The average Bonchev–Trinajstić information content (AvgIpc) is 3.23. The second kappa shape index (κ2) is 8.25. The van der Waals surface area contributed by atoms with Gasteiger partial charge in [-0.15, -0.1) is 15.3 Å². The Morgan fingerprint density at radius 3 is 2.33 bits per heavy atom. The van der Waals surface area contributed by atoms with Crippen LogP contribution in [-0.4, -0.2) is 67.3 Å². The highest BCUT2D eigenvalue weighted by Gasteiger charge is 2.25. The Kier molecular flexibility index (Phi) is 6.32. The fourth-order valence-corrected chi connectivity index (χ4v) is 2.08. The van der Waals surface area contributed by atoms with E-state index in [-0.39, 0.29) is 11.0 Å². The first-order valence-electron chi connectivity index (χ1n) is 8.05. The third-order valence-electron chi connectivity index (χ3n) is 4.02. The molecule has 0 atom stereocenters. The lowest BCUT2D eigenvalue weighted by molar-refractivity contribution is 0.0323. The van der Waals surface area contributed by atoms with Crippen LogP contribution in [0.15, 0.2) is 6.33 Å². The molecule has 0 spiro atoms. The smallest absolute Gasteiger partial charge is 0.180 e. The Balaban J connectivity index is 1.53. The number of nitrogens with zero attached hydrogens (tertiary/aromatic N) is 7. The van der Waals surface area contributed by atoms with Crippen molar-refractivity contribution in [2.75, 3.05) is 26.4 Å². The number of hydrogen-bond acceptors (Lipinski definition) is 8. The monoisotopic (exact) mass is 338 g/mol. The zero-order valence-corrected chi connectivity index (χ0v) is 14.8. The second-order valence-corrected chi connectivity index (χ2v) is 6.91. The Labute approximate surface area is 141 Å². The molecular formula is C14H26N8O2. The van der Waals surface area contributed by atoms with Crippen LogP contribution in [0.5, 0.6) is 0 Å². The highest BCUT2D eigenvalue weighted by molar-refractivity contribution is 4.98. The van der Waals surface area contributed by atoms with E-state index in [2.05, 4.69) is 63.8 Å². The molecule has 10 heteroatoms. The summed E-state index contributed by atoms with van der Waals surface area (Å²) in [5.74, 6) is 0.701. The SMILES string of the molecule is CC(C)(CCOCCOCCC(C)(C)n1cnnn1)c1nn[nH]n1. The number of aromatic amines is 1. The predicted molar refractivity (Wildman–Crippen MR) is 85.2 cm³/mol. The van der Waals surface area contributed by atoms with Crippen molar-refractivity contribution in [3.63, 3.8) is 0 Å². The van der Waals surface area contributed by atoms with Crippen LogP contribution in [0, 0.1) is 0 Å². The van der Waals surface area contributed by atoms with Gasteiger partial charge in [-0.3, -0.25) is 0 Å². The van der Waals surface area contributed by atoms with Crippen LogP contribution in [0.2, 0.25) is 0 Å². The minimum absolute atomic E-state index is 0.163. The van der Waals surface area contributed by atoms with Gasteiger partial charge in [0.15, 0.2) is 5.82 Å². The molecule has 1 N–H and O–H groups in total. The summed E-state index contributed by atoms with van der Waals surface area (Å²) in [5.41, 5.74) is -0.331. The van der Waals surface area contributed by atoms with Crippen molar-refractivity contribution in [2.45, 2.75) is 51.5 Å². The summed E-state index contributed by atoms with van der Waals surface area (Å²) >= 11 is 0. The Morgan fingerprint density at radius 2 is 1.75 bits per heavy atom. The van der Waals surface area contributed by atoms with Gasteiger partial charge in [0, 0.05) is 18.6 Å². The minimum atomic E-state index is -0.168. The third kappa shape index (κ3) is 5.31. The molecule has 0 saturated heterocycles. The molecule has 2 aromatic rings. The molecule has 134 valence electrons. The van der Waals surface area contributed by atoms with Gasteiger partial charge in [-0.05, 0) is 37.1 Å². The lowest BCUT2D eigenvalue weighted by Gasteiger charge is -2.23. The Hall–Kier alpha value is -1.94. The van der Waals surface area contributed by atoms with Gasteiger partial charge in [-0.2, -0.15) is 5.21 Å². The molecule has 0 aromatic carbocycles. The van der Waals surface area contributed by atoms with Crippen molar-refractivity contribution in [3.05, 3.63) is 12.2 Å². The third-order valence-corrected chi connectivity index (χ3v) is 4.02. The van der Waals surface area contributed by atoms with Crippen LogP contribution in [0.1, 0.15) is 46.4 Å². The average molecular weight is 338 g/mol. The van der Waals surface area contributed by atoms with E-state index in [0.717, 1.165) is 12.8 Å². The normalized spacial score (nSPS) is 12.7. The number of nitrogens with one attached hydrogen (secondary N) is 1. The lowest BCUT2D eigenvalue weighted by Crippen LogP contribution is -2.29. The summed E-state index contributed by atoms with van der Waals surface area (Å²) in [6.07, 6.45) is 3.26. The molecule has 24 heavy (non-hydrogen) atoms. The predicted octanol–water partition coefficient (Wildman–Crippen LogP) is 0.713. The van der Waals surface area contributed by atoms with Gasteiger partial charge in [0.2, 0.25) is 0 Å². The van der Waals surface area contributed by atoms with Gasteiger partial charge in [0.25, 0.3) is 0 Å². The number of rotatable bonds is 11. The number of hydrogen-bond donors (Lipinski definition) is 1. The highest BCUT2D eigenvalue weighted by Crippen LogP contribution is 2.22. The summed E-state index contributed by atoms with van der Waals surface area (Å²) in [7, 11) is 0. The molecule has 0 fully saturated rings. The number of aromatic nitrogens is 8. The van der Waals surface area contributed by atoms with Crippen LogP contribution in [0.3, 0.4) is 0 Å². The molecule has 0 unspecified atom stereocenters. The van der Waals surface area contributed by atoms with Gasteiger partial charge in [0.05, 0.1) is 18.8 Å². The molecule has 0 aliphatic rings. The summed E-state index contributed by atoms with van der Waals surface area (Å²) in [5, 5.41) is 25.4. The largest absolute Gasteiger partial charge is 0.379 e. The van der Waals surface area contributed by atoms with E-state index in [1.807, 2.05) is 0 Å². The van der Waals surface area contributed by atoms with Crippen molar-refractivity contribution >= 4 is 0 Å². The fourth-order valence-electron chi connectivity index (χ4n) is 2.08. The first-order chi connectivity index (χ1) is 11.4. The second-order valence-electron chi connectivity index (χ2n) is 6.91. The van der Waals surface area contributed by atoms with E-state index >= 15 is 0 Å².